The van der Waals surface area contributed by atoms with Gasteiger partial charge in [-0.1, -0.05) is 81.4 Å². The molecule has 0 aliphatic carbocycles. The summed E-state index contributed by atoms with van der Waals surface area (Å²) in [4.78, 5) is 76.1. The van der Waals surface area contributed by atoms with E-state index in [1.54, 1.807) is 72.0 Å². The number of amides is 5. The fourth-order valence-electron chi connectivity index (χ4n) is 7.91. The lowest BCUT2D eigenvalue weighted by molar-refractivity contribution is -0.144. The first-order valence-corrected chi connectivity index (χ1v) is 23.0. The number of benzene rings is 4. The van der Waals surface area contributed by atoms with Crippen molar-refractivity contribution in [1.82, 2.24) is 20.4 Å². The highest BCUT2D eigenvalue weighted by molar-refractivity contribution is 8.18. The number of ether oxygens (including phenoxy) is 1. The Balaban J connectivity index is 0.981. The Morgan fingerprint density at radius 1 is 0.923 bits per heavy atom. The van der Waals surface area contributed by atoms with E-state index in [0.29, 0.717) is 33.9 Å². The van der Waals surface area contributed by atoms with Gasteiger partial charge in [0.05, 0.1) is 30.5 Å². The molecule has 12 nitrogen and oxygen atoms in total. The van der Waals surface area contributed by atoms with Gasteiger partial charge in [0.2, 0.25) is 17.7 Å². The number of thiophene rings is 1. The van der Waals surface area contributed by atoms with Crippen LogP contribution in [0.25, 0.3) is 21.4 Å². The number of nitrogens with one attached hydrogen (secondary N) is 2. The van der Waals surface area contributed by atoms with Crippen LogP contribution in [0.2, 0.25) is 0 Å². The summed E-state index contributed by atoms with van der Waals surface area (Å²) in [6.45, 7) is 18.7. The second kappa shape index (κ2) is 19.7. The monoisotopic (exact) mass is 909 g/mol. The van der Waals surface area contributed by atoms with Gasteiger partial charge in [-0.25, -0.2) is 4.85 Å². The molecule has 2 aliphatic rings. The zero-order valence-electron chi connectivity index (χ0n) is 37.1. The van der Waals surface area contributed by atoms with Crippen molar-refractivity contribution in [3.8, 4) is 21.9 Å². The van der Waals surface area contributed by atoms with Crippen LogP contribution >= 0.6 is 23.1 Å². The number of rotatable bonds is 13. The molecule has 4 aromatic carbocycles. The lowest BCUT2D eigenvalue weighted by Gasteiger charge is -2.35. The molecular weight excluding hydrogens is 859 g/mol. The fraction of sp³-hybridized carbons (Fsp3) is 0.294. The molecule has 14 heteroatoms. The van der Waals surface area contributed by atoms with Crippen LogP contribution in [0.1, 0.15) is 66.1 Å². The average molecular weight is 910 g/mol. The van der Waals surface area contributed by atoms with Crippen LogP contribution in [0, 0.1) is 32.8 Å². The van der Waals surface area contributed by atoms with E-state index in [1.165, 1.54) is 15.3 Å². The molecule has 5 amide bonds. The van der Waals surface area contributed by atoms with Gasteiger partial charge in [0, 0.05) is 24.4 Å². The summed E-state index contributed by atoms with van der Waals surface area (Å²) < 4.78 is 6.12. The molecule has 2 fully saturated rings. The molecule has 0 saturated carbocycles. The van der Waals surface area contributed by atoms with Crippen LogP contribution in [-0.2, 0) is 38.7 Å². The molecule has 2 aliphatic heterocycles. The van der Waals surface area contributed by atoms with Gasteiger partial charge in [-0.05, 0) is 124 Å². The third kappa shape index (κ3) is 10.9. The van der Waals surface area contributed by atoms with Crippen molar-refractivity contribution in [3.05, 3.63) is 152 Å². The average Bonchev–Trinajstić information content (AvgIpc) is 3.96. The highest BCUT2D eigenvalue weighted by atomic mass is 32.2. The van der Waals surface area contributed by atoms with E-state index in [1.807, 2.05) is 65.0 Å². The first kappa shape index (κ1) is 46.5. The molecule has 65 heavy (non-hydrogen) atoms. The summed E-state index contributed by atoms with van der Waals surface area (Å²) in [5.41, 5.74) is 6.47. The molecule has 334 valence electrons. The van der Waals surface area contributed by atoms with Crippen LogP contribution in [0.4, 0.5) is 10.5 Å². The number of imide groups is 1. The smallest absolute Gasteiger partial charge is 0.293 e. The molecule has 0 radical (unpaired) electrons. The van der Waals surface area contributed by atoms with E-state index in [-0.39, 0.29) is 37.4 Å². The van der Waals surface area contributed by atoms with Gasteiger partial charge in [-0.2, -0.15) is 0 Å². The molecule has 0 unspecified atom stereocenters. The topological polar surface area (TPSA) is 150 Å². The Kier molecular flexibility index (Phi) is 14.1. The minimum atomic E-state index is -1.03. The quantitative estimate of drug-likeness (QED) is 0.0782. The maximum absolute atomic E-state index is 14.3. The molecule has 3 atom stereocenters. The molecule has 2 saturated heterocycles. The predicted octanol–water partition coefficient (Wildman–Crippen LogP) is 9.27. The van der Waals surface area contributed by atoms with Crippen molar-refractivity contribution in [1.29, 1.82) is 0 Å². The van der Waals surface area contributed by atoms with Gasteiger partial charge in [0.1, 0.15) is 23.6 Å². The number of carbonyl (C=O) groups is 5. The number of β-amino-alcohol motifs (C(OH)–C–C–N with tert-alkyl or cyclic N) is 1. The number of carbonyl (C=O) groups excluding carboxylic acids is 5. The Labute approximate surface area is 387 Å². The minimum Gasteiger partial charge on any atom is -0.457 e. The first-order chi connectivity index (χ1) is 31.0. The summed E-state index contributed by atoms with van der Waals surface area (Å²) in [5, 5.41) is 18.2. The van der Waals surface area contributed by atoms with E-state index in [2.05, 4.69) is 33.8 Å². The molecule has 3 heterocycles. The molecule has 0 spiro atoms. The minimum absolute atomic E-state index is 0.0525. The number of thioether (sulfide) groups is 1. The van der Waals surface area contributed by atoms with Crippen LogP contribution in [0.15, 0.2) is 101 Å². The number of nitrogens with zero attached hydrogens (tertiary/aromatic N) is 3. The van der Waals surface area contributed by atoms with Crippen molar-refractivity contribution in [2.24, 2.45) is 5.41 Å². The predicted molar refractivity (Wildman–Crippen MR) is 254 cm³/mol. The molecule has 1 aromatic heterocycles. The Morgan fingerprint density at radius 2 is 1.62 bits per heavy atom. The number of likely N-dealkylation sites (tertiary alicyclic amines) is 1. The zero-order chi connectivity index (χ0) is 46.6. The first-order valence-electron chi connectivity index (χ1n) is 21.3. The Morgan fingerprint density at radius 3 is 2.26 bits per heavy atom. The van der Waals surface area contributed by atoms with Gasteiger partial charge < -0.3 is 25.4 Å². The van der Waals surface area contributed by atoms with E-state index in [0.717, 1.165) is 38.9 Å². The van der Waals surface area contributed by atoms with Crippen LogP contribution in [0.5, 0.6) is 11.5 Å². The van der Waals surface area contributed by atoms with Gasteiger partial charge in [-0.15, -0.1) is 11.3 Å². The van der Waals surface area contributed by atoms with E-state index < -0.39 is 52.5 Å². The molecule has 7 rings (SSSR count). The highest BCUT2D eigenvalue weighted by Gasteiger charge is 2.44. The molecule has 5 aromatic rings. The maximum Gasteiger partial charge on any atom is 0.293 e. The Hall–Kier alpha value is -6.53. The second-order valence-electron chi connectivity index (χ2n) is 17.5. The summed E-state index contributed by atoms with van der Waals surface area (Å²) in [7, 11) is 0. The maximum atomic E-state index is 14.3. The summed E-state index contributed by atoms with van der Waals surface area (Å²) in [6, 6.07) is 25.8. The number of hydrogen-bond acceptors (Lipinski definition) is 9. The second-order valence-corrected chi connectivity index (χ2v) is 19.4. The molecular formula is C51H51N5O7S2. The van der Waals surface area contributed by atoms with E-state index in [9.17, 15) is 29.1 Å². The summed E-state index contributed by atoms with van der Waals surface area (Å²) in [6.07, 6.45) is 0.680. The van der Waals surface area contributed by atoms with Crippen LogP contribution < -0.4 is 15.4 Å². The third-order valence-corrected chi connectivity index (χ3v) is 13.5. The van der Waals surface area contributed by atoms with Gasteiger partial charge >= 0.3 is 0 Å². The van der Waals surface area contributed by atoms with Crippen molar-refractivity contribution in [3.63, 3.8) is 0 Å². The van der Waals surface area contributed by atoms with Gasteiger partial charge in [0.15, 0.2) is 5.69 Å². The number of aryl methyl sites for hydroxylation is 3. The van der Waals surface area contributed by atoms with Crippen molar-refractivity contribution in [2.45, 2.75) is 85.7 Å². The van der Waals surface area contributed by atoms with Gasteiger partial charge in [-0.3, -0.25) is 28.9 Å². The largest absolute Gasteiger partial charge is 0.457 e. The lowest BCUT2D eigenvalue weighted by atomic mass is 9.85. The van der Waals surface area contributed by atoms with Crippen molar-refractivity contribution in [2.75, 3.05) is 6.54 Å². The Bertz CT molecular complexity index is 2730. The normalized spacial score (nSPS) is 17.3. The summed E-state index contributed by atoms with van der Waals surface area (Å²) >= 11 is 2.51. The molecule has 0 bridgehead atoms. The zero-order valence-corrected chi connectivity index (χ0v) is 38.8. The van der Waals surface area contributed by atoms with Crippen LogP contribution in [0.3, 0.4) is 0 Å². The standard InChI is InChI=1S/C51H51N5O7S2/c1-30-20-21-64-45(30)35-15-12-33(13-16-35)27-53-47(59)40-26-39(57)29-55(40)49(61)46(51(4,5)6)54-44(58)25-36-10-8-9-11-37(36)28-56-48(60)43(65-50(56)62)24-34-14-18-41(31(2)22-34)63-42-19-17-38(52-7)23-32(42)3/h8-24,39-40,46,57H,25-29H2,1-6H3,(H,53,59)(H,54,58)/b43-24-/t39-,40+,46-/m1/s1. The SMILES string of the molecule is [C-]#[N+]c1ccc(Oc2ccc(/C=C3\SC(=O)N(Cc4ccccc4CC(=O)N[C@H](C(=O)N4C[C@H](O)C[C@H]4C(=O)NCc4ccc(-c5sccc5C)cc4)C(C)(C)C)C3=O)cc2C)c(C)c1. The van der Waals surface area contributed by atoms with Crippen molar-refractivity contribution >= 4 is 63.7 Å². The van der Waals surface area contributed by atoms with E-state index in [4.69, 9.17) is 11.3 Å². The van der Waals surface area contributed by atoms with Crippen molar-refractivity contribution < 1.29 is 33.8 Å². The van der Waals surface area contributed by atoms with E-state index >= 15 is 0 Å². The van der Waals surface area contributed by atoms with Crippen LogP contribution in [-0.4, -0.2) is 68.5 Å². The highest BCUT2D eigenvalue weighted by Crippen LogP contribution is 2.36. The number of aliphatic hydroxyl groups excluding tert-OH is 1. The fourth-order valence-corrected chi connectivity index (χ4v) is 9.68. The van der Waals surface area contributed by atoms with Gasteiger partial charge in [0.25, 0.3) is 11.1 Å². The number of hydrogen-bond donors (Lipinski definition) is 3. The third-order valence-electron chi connectivity index (χ3n) is 11.5. The lowest BCUT2D eigenvalue weighted by Crippen LogP contribution is -2.58. The summed E-state index contributed by atoms with van der Waals surface area (Å²) in [5.74, 6) is -0.535. The number of aliphatic hydroxyl groups is 1. The molecule has 3 N–H and O–H groups in total.